The zero-order chi connectivity index (χ0) is 27.9. The third kappa shape index (κ3) is 5.03. The molecule has 0 bridgehead atoms. The molecule has 0 N–H and O–H groups in total. The van der Waals surface area contributed by atoms with Crippen LogP contribution in [0.2, 0.25) is 0 Å². The molecule has 0 spiro atoms. The highest BCUT2D eigenvalue weighted by molar-refractivity contribution is 7.87. The molecule has 0 radical (unpaired) electrons. The van der Waals surface area contributed by atoms with E-state index in [2.05, 4.69) is 20.2 Å². The lowest BCUT2D eigenvalue weighted by Crippen LogP contribution is -2.29. The van der Waals surface area contributed by atoms with Gasteiger partial charge in [0.2, 0.25) is 0 Å². The number of ether oxygens (including phenoxy) is 1. The van der Waals surface area contributed by atoms with Crippen molar-refractivity contribution in [3.63, 3.8) is 0 Å². The minimum absolute atomic E-state index is 0.0786. The summed E-state index contributed by atoms with van der Waals surface area (Å²) in [5.74, 6) is -0.523. The molecule has 5 aromatic rings. The number of hydrogen-bond donors (Lipinski definition) is 0. The van der Waals surface area contributed by atoms with Gasteiger partial charge in [-0.2, -0.15) is 27.0 Å². The van der Waals surface area contributed by atoms with Crippen LogP contribution in [-0.2, 0) is 23.8 Å². The van der Waals surface area contributed by atoms with Crippen LogP contribution in [0.5, 0.6) is 5.75 Å². The fourth-order valence-corrected chi connectivity index (χ4v) is 4.74. The first kappa shape index (κ1) is 26.2. The first-order chi connectivity index (χ1) is 18.6. The van der Waals surface area contributed by atoms with Crippen LogP contribution in [0.3, 0.4) is 0 Å². The molecule has 0 unspecified atom stereocenters. The smallest absolute Gasteiger partial charge is 0.322 e. The van der Waals surface area contributed by atoms with Gasteiger partial charge >= 0.3 is 10.2 Å². The van der Waals surface area contributed by atoms with E-state index in [1.165, 1.54) is 33.6 Å². The van der Waals surface area contributed by atoms with E-state index in [0.717, 1.165) is 19.5 Å². The molecule has 0 amide bonds. The molecule has 0 aliphatic heterocycles. The predicted octanol–water partition coefficient (Wildman–Crippen LogP) is 2.42. The van der Waals surface area contributed by atoms with Crippen LogP contribution in [0.15, 0.2) is 60.2 Å². The fraction of sp³-hybridized carbons (Fsp3) is 0.240. The molecule has 202 valence electrons. The maximum Gasteiger partial charge on any atom is 0.322 e. The van der Waals surface area contributed by atoms with Crippen molar-refractivity contribution in [2.45, 2.75) is 13.5 Å². The molecule has 14 heteroatoms. The molecule has 39 heavy (non-hydrogen) atoms. The summed E-state index contributed by atoms with van der Waals surface area (Å²) in [5, 5.41) is 8.24. The molecule has 0 aliphatic carbocycles. The van der Waals surface area contributed by atoms with Crippen LogP contribution in [0.1, 0.15) is 11.1 Å². The lowest BCUT2D eigenvalue weighted by atomic mass is 10.2. The van der Waals surface area contributed by atoms with Crippen molar-refractivity contribution in [2.75, 3.05) is 21.2 Å². The fourth-order valence-electron chi connectivity index (χ4n) is 3.97. The van der Waals surface area contributed by atoms with Gasteiger partial charge < -0.3 is 9.30 Å². The van der Waals surface area contributed by atoms with Crippen LogP contribution in [0, 0.1) is 12.7 Å². The van der Waals surface area contributed by atoms with E-state index in [-0.39, 0.29) is 18.0 Å². The molecule has 0 atom stereocenters. The van der Waals surface area contributed by atoms with Crippen molar-refractivity contribution in [2.24, 2.45) is 12.0 Å². The molecule has 0 aliphatic rings. The van der Waals surface area contributed by atoms with E-state index in [1.54, 1.807) is 53.0 Å². The summed E-state index contributed by atoms with van der Waals surface area (Å²) in [7, 11) is 2.25. The number of nitrogens with zero attached hydrogens (tertiary/aromatic N) is 9. The maximum absolute atomic E-state index is 15.2. The van der Waals surface area contributed by atoms with E-state index in [9.17, 15) is 8.42 Å². The zero-order valence-electron chi connectivity index (χ0n) is 21.9. The average Bonchev–Trinajstić information content (AvgIpc) is 3.56. The lowest BCUT2D eigenvalue weighted by molar-refractivity contribution is 0.387. The van der Waals surface area contributed by atoms with Crippen LogP contribution in [0.25, 0.3) is 22.4 Å². The normalized spacial score (nSPS) is 12.5. The molecule has 0 saturated carbocycles. The van der Waals surface area contributed by atoms with Gasteiger partial charge in [-0.1, -0.05) is 0 Å². The summed E-state index contributed by atoms with van der Waals surface area (Å²) in [6, 6.07) is 6.66. The first-order valence-corrected chi connectivity index (χ1v) is 13.2. The number of aryl methyl sites for hydroxylation is 2. The molecular weight excluding hydrogens is 525 g/mol. The van der Waals surface area contributed by atoms with Crippen LogP contribution in [-0.4, -0.2) is 67.4 Å². The Balaban J connectivity index is 1.73. The van der Waals surface area contributed by atoms with Gasteiger partial charge in [-0.05, 0) is 36.8 Å². The molecule has 1 aromatic carbocycles. The van der Waals surface area contributed by atoms with Crippen molar-refractivity contribution in [3.8, 4) is 17.0 Å². The van der Waals surface area contributed by atoms with Gasteiger partial charge in [-0.15, -0.1) is 0 Å². The Morgan fingerprint density at radius 2 is 1.90 bits per heavy atom. The van der Waals surface area contributed by atoms with Crippen molar-refractivity contribution >= 4 is 27.1 Å². The Bertz CT molecular complexity index is 1870. The number of hydrogen-bond acceptors (Lipinski definition) is 8. The number of benzene rings is 1. The molecular formula is C25H26FN9O3S. The number of methoxy groups -OCH3 is 1. The van der Waals surface area contributed by atoms with Gasteiger partial charge in [-0.3, -0.25) is 9.67 Å². The second kappa shape index (κ2) is 10.0. The van der Waals surface area contributed by atoms with Gasteiger partial charge in [0.1, 0.15) is 16.7 Å². The van der Waals surface area contributed by atoms with Crippen molar-refractivity contribution < 1.29 is 17.5 Å². The Morgan fingerprint density at radius 3 is 2.59 bits per heavy atom. The van der Waals surface area contributed by atoms with Crippen LogP contribution >= 0.6 is 0 Å². The molecule has 12 nitrogen and oxygen atoms in total. The molecule has 4 aromatic heterocycles. The van der Waals surface area contributed by atoms with E-state index in [0.29, 0.717) is 27.9 Å². The summed E-state index contributed by atoms with van der Waals surface area (Å²) in [4.78, 5) is 14.0. The standard InChI is InChI=1S/C25H26FN9O3S/c1-16-8-20(24(26)22(9-16)38-5)30-23-7-6-19-25(31-21(12-27-19)18-11-28-33(4)15-18)34(23)13-17-10-29-35(14-17)39(36,37)32(2)3/h6-12,14-15H,13H2,1-5H3. The van der Waals surface area contributed by atoms with E-state index in [1.807, 2.05) is 13.1 Å². The Labute approximate surface area is 223 Å². The summed E-state index contributed by atoms with van der Waals surface area (Å²) in [6.07, 6.45) is 8.01. The quantitative estimate of drug-likeness (QED) is 0.304. The molecule has 4 heterocycles. The Kier molecular flexibility index (Phi) is 6.74. The predicted molar refractivity (Wildman–Crippen MR) is 142 cm³/mol. The van der Waals surface area contributed by atoms with Gasteiger partial charge in [0, 0.05) is 44.7 Å². The first-order valence-electron chi connectivity index (χ1n) is 11.8. The highest BCUT2D eigenvalue weighted by atomic mass is 32.2. The van der Waals surface area contributed by atoms with Gasteiger partial charge in [0.05, 0.1) is 37.9 Å². The van der Waals surface area contributed by atoms with Crippen molar-refractivity contribution in [1.82, 2.24) is 37.8 Å². The minimum Gasteiger partial charge on any atom is -0.494 e. The number of rotatable bonds is 7. The molecule has 0 saturated heterocycles. The highest BCUT2D eigenvalue weighted by Crippen LogP contribution is 2.28. The SMILES string of the molecule is COc1cc(C)cc(N=c2ccc3ncc(-c4cnn(C)c4)nc3n2Cc2cnn(S(=O)(=O)N(C)C)c2)c1F. The number of aromatic nitrogens is 7. The molecule has 5 rings (SSSR count). The average molecular weight is 552 g/mol. The summed E-state index contributed by atoms with van der Waals surface area (Å²) in [6.45, 7) is 1.95. The highest BCUT2D eigenvalue weighted by Gasteiger charge is 2.18. The summed E-state index contributed by atoms with van der Waals surface area (Å²) < 4.78 is 50.8. The minimum atomic E-state index is -3.80. The third-order valence-electron chi connectivity index (χ3n) is 5.98. The largest absolute Gasteiger partial charge is 0.494 e. The number of fused-ring (bicyclic) bond motifs is 1. The lowest BCUT2D eigenvalue weighted by Gasteiger charge is -2.12. The number of halogens is 1. The van der Waals surface area contributed by atoms with Crippen LogP contribution < -0.4 is 10.2 Å². The Hall–Kier alpha value is -4.43. The second-order valence-electron chi connectivity index (χ2n) is 9.07. The topological polar surface area (TPSA) is 125 Å². The van der Waals surface area contributed by atoms with Crippen molar-refractivity contribution in [3.05, 3.63) is 77.7 Å². The van der Waals surface area contributed by atoms with E-state index in [4.69, 9.17) is 9.72 Å². The third-order valence-corrected chi connectivity index (χ3v) is 7.57. The Morgan fingerprint density at radius 1 is 1.10 bits per heavy atom. The van der Waals surface area contributed by atoms with Gasteiger partial charge in [-0.25, -0.2) is 14.4 Å². The van der Waals surface area contributed by atoms with Gasteiger partial charge in [0.15, 0.2) is 17.2 Å². The zero-order valence-corrected chi connectivity index (χ0v) is 22.8. The summed E-state index contributed by atoms with van der Waals surface area (Å²) in [5.41, 5.74) is 4.16. The monoisotopic (exact) mass is 551 g/mol. The van der Waals surface area contributed by atoms with Crippen LogP contribution in [0.4, 0.5) is 10.1 Å². The van der Waals surface area contributed by atoms with Crippen molar-refractivity contribution in [1.29, 1.82) is 0 Å². The van der Waals surface area contributed by atoms with E-state index >= 15 is 4.39 Å². The summed E-state index contributed by atoms with van der Waals surface area (Å²) >= 11 is 0. The maximum atomic E-state index is 15.2. The second-order valence-corrected chi connectivity index (χ2v) is 11.1. The van der Waals surface area contributed by atoms with E-state index < -0.39 is 16.0 Å². The van der Waals surface area contributed by atoms with Gasteiger partial charge in [0.25, 0.3) is 0 Å². The number of pyridine rings is 1. The molecule has 0 fully saturated rings.